The average Bonchev–Trinajstić information content (AvgIpc) is 2.69. The lowest BCUT2D eigenvalue weighted by molar-refractivity contribution is 0.0185. The van der Waals surface area contributed by atoms with Gasteiger partial charge >= 0.3 is 6.09 Å². The fourth-order valence-electron chi connectivity index (χ4n) is 3.59. The molecule has 2 N–H and O–H groups in total. The largest absolute Gasteiger partial charge is 0.444 e. The van der Waals surface area contributed by atoms with Gasteiger partial charge in [0.25, 0.3) is 0 Å². The number of guanidine groups is 1. The Kier molecular flexibility index (Phi) is 12.3. The van der Waals surface area contributed by atoms with Crippen LogP contribution in [0.1, 0.15) is 47.5 Å². The SMILES string of the molecule is CCNC(=NCC(C)N1CCOCC1)NCC1CCN(C(=O)OC(C)(C)C)CC1.I. The van der Waals surface area contributed by atoms with Crippen LogP contribution in [0.4, 0.5) is 4.79 Å². The van der Waals surface area contributed by atoms with Crippen molar-refractivity contribution in [3.63, 3.8) is 0 Å². The maximum absolute atomic E-state index is 12.2. The van der Waals surface area contributed by atoms with Crippen LogP contribution >= 0.6 is 24.0 Å². The molecule has 0 saturated carbocycles. The third-order valence-corrected chi connectivity index (χ3v) is 5.35. The van der Waals surface area contributed by atoms with E-state index >= 15 is 0 Å². The highest BCUT2D eigenvalue weighted by atomic mass is 127. The third-order valence-electron chi connectivity index (χ3n) is 5.35. The van der Waals surface area contributed by atoms with E-state index in [-0.39, 0.29) is 30.1 Å². The predicted molar refractivity (Wildman–Crippen MR) is 132 cm³/mol. The normalized spacial score (nSPS) is 20.3. The zero-order valence-electron chi connectivity index (χ0n) is 19.4. The smallest absolute Gasteiger partial charge is 0.410 e. The number of nitrogens with one attached hydrogen (secondary N) is 2. The van der Waals surface area contributed by atoms with Gasteiger partial charge in [0.15, 0.2) is 5.96 Å². The topological polar surface area (TPSA) is 78.4 Å². The van der Waals surface area contributed by atoms with E-state index in [0.29, 0.717) is 12.0 Å². The van der Waals surface area contributed by atoms with Gasteiger partial charge in [-0.05, 0) is 53.4 Å². The van der Waals surface area contributed by atoms with Crippen molar-refractivity contribution in [3.05, 3.63) is 0 Å². The molecular weight excluding hydrogens is 497 g/mol. The van der Waals surface area contributed by atoms with Crippen molar-refractivity contribution in [2.45, 2.75) is 59.1 Å². The lowest BCUT2D eigenvalue weighted by Gasteiger charge is -2.33. The fraction of sp³-hybridized carbons (Fsp3) is 0.905. The summed E-state index contributed by atoms with van der Waals surface area (Å²) in [6.07, 6.45) is 1.77. The maximum atomic E-state index is 12.2. The van der Waals surface area contributed by atoms with Crippen LogP contribution < -0.4 is 10.6 Å². The van der Waals surface area contributed by atoms with Crippen molar-refractivity contribution in [2.75, 3.05) is 59.0 Å². The Bertz CT molecular complexity index is 527. The third kappa shape index (κ3) is 10.00. The summed E-state index contributed by atoms with van der Waals surface area (Å²) >= 11 is 0. The molecule has 2 aliphatic rings. The van der Waals surface area contributed by atoms with E-state index in [9.17, 15) is 4.79 Å². The molecule has 0 aromatic heterocycles. The lowest BCUT2D eigenvalue weighted by atomic mass is 9.97. The van der Waals surface area contributed by atoms with Gasteiger partial charge in [0.2, 0.25) is 0 Å². The van der Waals surface area contributed by atoms with Gasteiger partial charge in [0.05, 0.1) is 19.8 Å². The van der Waals surface area contributed by atoms with E-state index in [0.717, 1.165) is 77.8 Å². The van der Waals surface area contributed by atoms with Crippen LogP contribution in [0, 0.1) is 5.92 Å². The first-order valence-corrected chi connectivity index (χ1v) is 11.1. The average molecular weight is 540 g/mol. The van der Waals surface area contributed by atoms with Gasteiger partial charge in [-0.25, -0.2) is 4.79 Å². The molecule has 1 amide bonds. The van der Waals surface area contributed by atoms with E-state index < -0.39 is 5.60 Å². The summed E-state index contributed by atoms with van der Waals surface area (Å²) in [5.74, 6) is 1.41. The molecule has 2 fully saturated rings. The van der Waals surface area contributed by atoms with Crippen molar-refractivity contribution in [1.82, 2.24) is 20.4 Å². The number of amides is 1. The molecular formula is C21H42IN5O3. The number of morpholine rings is 1. The zero-order valence-corrected chi connectivity index (χ0v) is 21.7. The number of carbonyl (C=O) groups is 1. The van der Waals surface area contributed by atoms with Crippen LogP contribution in [0.15, 0.2) is 4.99 Å². The second kappa shape index (κ2) is 13.6. The molecule has 1 unspecified atom stereocenters. The van der Waals surface area contributed by atoms with Crippen molar-refractivity contribution in [3.8, 4) is 0 Å². The van der Waals surface area contributed by atoms with Gasteiger partial charge < -0.3 is 25.0 Å². The summed E-state index contributed by atoms with van der Waals surface area (Å²) in [4.78, 5) is 21.2. The monoisotopic (exact) mass is 539 g/mol. The lowest BCUT2D eigenvalue weighted by Crippen LogP contribution is -2.46. The minimum Gasteiger partial charge on any atom is -0.444 e. The molecule has 1 atom stereocenters. The van der Waals surface area contributed by atoms with Crippen molar-refractivity contribution < 1.29 is 14.3 Å². The van der Waals surface area contributed by atoms with E-state index in [1.165, 1.54) is 0 Å². The molecule has 30 heavy (non-hydrogen) atoms. The second-order valence-electron chi connectivity index (χ2n) is 9.01. The van der Waals surface area contributed by atoms with Crippen LogP contribution in [0.3, 0.4) is 0 Å². The molecule has 0 spiro atoms. The van der Waals surface area contributed by atoms with E-state index in [1.807, 2.05) is 25.7 Å². The number of hydrogen-bond donors (Lipinski definition) is 2. The number of ether oxygens (including phenoxy) is 2. The first kappa shape index (κ1) is 27.2. The summed E-state index contributed by atoms with van der Waals surface area (Å²) in [5, 5.41) is 6.84. The molecule has 0 aromatic carbocycles. The first-order valence-electron chi connectivity index (χ1n) is 11.1. The zero-order chi connectivity index (χ0) is 21.3. The number of likely N-dealkylation sites (tertiary alicyclic amines) is 1. The Morgan fingerprint density at radius 3 is 2.37 bits per heavy atom. The second-order valence-corrected chi connectivity index (χ2v) is 9.01. The minimum atomic E-state index is -0.439. The molecule has 2 aliphatic heterocycles. The molecule has 2 rings (SSSR count). The number of hydrogen-bond acceptors (Lipinski definition) is 5. The standard InChI is InChI=1S/C21H41N5O3.HI/c1-6-22-19(23-15-17(2)25-11-13-28-14-12-25)24-16-18-7-9-26(10-8-18)20(27)29-21(3,4)5;/h17-18H,6-16H2,1-5H3,(H2,22,23,24);1H. The number of nitrogens with zero attached hydrogens (tertiary/aromatic N) is 3. The van der Waals surface area contributed by atoms with Crippen molar-refractivity contribution in [1.29, 1.82) is 0 Å². The first-order chi connectivity index (χ1) is 13.8. The van der Waals surface area contributed by atoms with Crippen LogP contribution in [-0.2, 0) is 9.47 Å². The Morgan fingerprint density at radius 1 is 1.17 bits per heavy atom. The Labute approximate surface area is 199 Å². The Hall–Kier alpha value is -0.810. The van der Waals surface area contributed by atoms with Crippen molar-refractivity contribution >= 4 is 36.0 Å². The number of aliphatic imine (C=N–C) groups is 1. The van der Waals surface area contributed by atoms with E-state index in [1.54, 1.807) is 0 Å². The minimum absolute atomic E-state index is 0. The number of piperidine rings is 1. The van der Waals surface area contributed by atoms with Crippen LogP contribution in [0.2, 0.25) is 0 Å². The quantitative estimate of drug-likeness (QED) is 0.307. The maximum Gasteiger partial charge on any atom is 0.410 e. The van der Waals surface area contributed by atoms with Gasteiger partial charge in [-0.2, -0.15) is 0 Å². The molecule has 0 bridgehead atoms. The molecule has 2 saturated heterocycles. The highest BCUT2D eigenvalue weighted by Gasteiger charge is 2.27. The summed E-state index contributed by atoms with van der Waals surface area (Å²) in [6, 6.07) is 0.409. The molecule has 8 nitrogen and oxygen atoms in total. The molecule has 2 heterocycles. The number of carbonyl (C=O) groups excluding carboxylic acids is 1. The summed E-state index contributed by atoms with van der Waals surface area (Å²) in [7, 11) is 0. The molecule has 9 heteroatoms. The predicted octanol–water partition coefficient (Wildman–Crippen LogP) is 2.53. The van der Waals surface area contributed by atoms with Crippen molar-refractivity contribution in [2.24, 2.45) is 10.9 Å². The van der Waals surface area contributed by atoms with Gasteiger partial charge in [-0.15, -0.1) is 24.0 Å². The van der Waals surface area contributed by atoms with Crippen LogP contribution in [-0.4, -0.2) is 92.5 Å². The molecule has 0 radical (unpaired) electrons. The molecule has 0 aliphatic carbocycles. The van der Waals surface area contributed by atoms with Gasteiger partial charge in [-0.1, -0.05) is 0 Å². The Balaban J connectivity index is 0.00000450. The van der Waals surface area contributed by atoms with Gasteiger partial charge in [0, 0.05) is 45.3 Å². The molecule has 176 valence electrons. The summed E-state index contributed by atoms with van der Waals surface area (Å²) in [5.41, 5.74) is -0.439. The van der Waals surface area contributed by atoms with Crippen LogP contribution in [0.5, 0.6) is 0 Å². The number of rotatable bonds is 6. The fourth-order valence-corrected chi connectivity index (χ4v) is 3.59. The summed E-state index contributed by atoms with van der Waals surface area (Å²) < 4.78 is 10.9. The van der Waals surface area contributed by atoms with E-state index in [2.05, 4.69) is 29.4 Å². The van der Waals surface area contributed by atoms with Gasteiger partial charge in [-0.3, -0.25) is 9.89 Å². The van der Waals surface area contributed by atoms with Gasteiger partial charge in [0.1, 0.15) is 5.60 Å². The van der Waals surface area contributed by atoms with E-state index in [4.69, 9.17) is 14.5 Å². The summed E-state index contributed by atoms with van der Waals surface area (Å²) in [6.45, 7) is 17.6. The highest BCUT2D eigenvalue weighted by molar-refractivity contribution is 14.0. The highest BCUT2D eigenvalue weighted by Crippen LogP contribution is 2.19. The Morgan fingerprint density at radius 2 is 1.80 bits per heavy atom. The van der Waals surface area contributed by atoms with Crippen LogP contribution in [0.25, 0.3) is 0 Å². The molecule has 0 aromatic rings. The number of halogens is 1.